The van der Waals surface area contributed by atoms with Gasteiger partial charge in [-0.15, -0.1) is 0 Å². The van der Waals surface area contributed by atoms with Crippen LogP contribution in [-0.4, -0.2) is 10.5 Å². The summed E-state index contributed by atoms with van der Waals surface area (Å²) in [6.07, 6.45) is 4.00. The fourth-order valence-electron chi connectivity index (χ4n) is 3.58. The lowest BCUT2D eigenvalue weighted by Crippen LogP contribution is -3.00. The molecule has 0 saturated carbocycles. The minimum Gasteiger partial charge on any atom is -1.00 e. The topological polar surface area (TPSA) is 37.9 Å². The van der Waals surface area contributed by atoms with E-state index in [0.717, 1.165) is 47.7 Å². The van der Waals surface area contributed by atoms with Crippen LogP contribution in [0.2, 0.25) is 0 Å². The van der Waals surface area contributed by atoms with E-state index in [4.69, 9.17) is 0 Å². The van der Waals surface area contributed by atoms with Crippen molar-refractivity contribution in [3.63, 3.8) is 0 Å². The quantitative estimate of drug-likeness (QED) is 0.652. The number of carbonyl (C=O) groups is 1. The van der Waals surface area contributed by atoms with Crippen LogP contribution < -0.4 is 22.3 Å². The van der Waals surface area contributed by atoms with Gasteiger partial charge in [0.2, 0.25) is 0 Å². The molecule has 0 fully saturated rings. The third kappa shape index (κ3) is 4.03. The van der Waals surface area contributed by atoms with Crippen molar-refractivity contribution in [2.24, 2.45) is 0 Å². The Bertz CT molecular complexity index is 966. The highest BCUT2D eigenvalue weighted by Crippen LogP contribution is 2.25. The number of amides is 1. The molecular formula is C21H21ClFN3O. The Balaban J connectivity index is 0.00000210. The highest BCUT2D eigenvalue weighted by molar-refractivity contribution is 5.89. The second kappa shape index (κ2) is 7.92. The maximum absolute atomic E-state index is 13.2. The lowest BCUT2D eigenvalue weighted by Gasteiger charge is -2.05. The van der Waals surface area contributed by atoms with Crippen molar-refractivity contribution in [1.82, 2.24) is 4.57 Å². The van der Waals surface area contributed by atoms with E-state index in [2.05, 4.69) is 9.88 Å². The number of aromatic nitrogens is 2. The first-order valence-electron chi connectivity index (χ1n) is 8.84. The number of carbonyl (C=O) groups excluding carboxylic acids is 1. The zero-order valence-corrected chi connectivity index (χ0v) is 15.8. The SMILES string of the molecule is Cc1cccc(NC(=O)C[n+]2cc(-c3ccc(F)cc3)n3c2CCC3)c1.[Cl-]. The van der Waals surface area contributed by atoms with Gasteiger partial charge in [0.15, 0.2) is 12.2 Å². The summed E-state index contributed by atoms with van der Waals surface area (Å²) < 4.78 is 17.5. The molecule has 6 heteroatoms. The number of fused-ring (bicyclic) bond motifs is 1. The summed E-state index contributed by atoms with van der Waals surface area (Å²) in [6, 6.07) is 14.3. The van der Waals surface area contributed by atoms with E-state index in [-0.39, 0.29) is 30.7 Å². The van der Waals surface area contributed by atoms with Crippen molar-refractivity contribution in [2.45, 2.75) is 32.9 Å². The van der Waals surface area contributed by atoms with Crippen LogP contribution in [0, 0.1) is 12.7 Å². The number of halogens is 2. The van der Waals surface area contributed by atoms with E-state index in [1.165, 1.54) is 12.1 Å². The molecule has 140 valence electrons. The number of hydrogen-bond acceptors (Lipinski definition) is 1. The third-order valence-electron chi connectivity index (χ3n) is 4.75. The Kier molecular flexibility index (Phi) is 5.61. The van der Waals surface area contributed by atoms with E-state index in [1.807, 2.05) is 42.0 Å². The number of benzene rings is 2. The first kappa shape index (κ1) is 19.1. The van der Waals surface area contributed by atoms with Crippen LogP contribution in [0.15, 0.2) is 54.7 Å². The average Bonchev–Trinajstić information content (AvgIpc) is 3.20. The molecule has 4 rings (SSSR count). The first-order valence-corrected chi connectivity index (χ1v) is 8.84. The molecular weight excluding hydrogens is 365 g/mol. The molecule has 2 aromatic carbocycles. The molecule has 0 radical (unpaired) electrons. The Labute approximate surface area is 164 Å². The second-order valence-electron chi connectivity index (χ2n) is 6.74. The molecule has 0 unspecified atom stereocenters. The molecule has 27 heavy (non-hydrogen) atoms. The smallest absolute Gasteiger partial charge is 0.266 e. The van der Waals surface area contributed by atoms with Gasteiger partial charge in [-0.3, -0.25) is 4.79 Å². The van der Waals surface area contributed by atoms with Crippen molar-refractivity contribution >= 4 is 11.6 Å². The molecule has 1 aromatic heterocycles. The van der Waals surface area contributed by atoms with Crippen molar-refractivity contribution in [3.05, 3.63) is 71.9 Å². The zero-order valence-electron chi connectivity index (χ0n) is 15.1. The summed E-state index contributed by atoms with van der Waals surface area (Å²) in [4.78, 5) is 12.5. The van der Waals surface area contributed by atoms with Gasteiger partial charge in [-0.05, 0) is 55.3 Å². The molecule has 0 atom stereocenters. The number of nitrogens with zero attached hydrogens (tertiary/aromatic N) is 2. The van der Waals surface area contributed by atoms with Crippen LogP contribution in [0.1, 0.15) is 17.8 Å². The first-order chi connectivity index (χ1) is 12.6. The fourth-order valence-corrected chi connectivity index (χ4v) is 3.58. The Morgan fingerprint density at radius 2 is 2.00 bits per heavy atom. The monoisotopic (exact) mass is 385 g/mol. The van der Waals surface area contributed by atoms with Crippen LogP contribution in [0.5, 0.6) is 0 Å². The molecule has 3 aromatic rings. The average molecular weight is 386 g/mol. The Morgan fingerprint density at radius 1 is 1.22 bits per heavy atom. The van der Waals surface area contributed by atoms with Gasteiger partial charge in [0.1, 0.15) is 12.0 Å². The Morgan fingerprint density at radius 3 is 2.74 bits per heavy atom. The largest absolute Gasteiger partial charge is 1.00 e. The van der Waals surface area contributed by atoms with Crippen LogP contribution in [0.4, 0.5) is 10.1 Å². The minimum atomic E-state index is -0.243. The summed E-state index contributed by atoms with van der Waals surface area (Å²) in [5.74, 6) is 0.850. The van der Waals surface area contributed by atoms with E-state index in [9.17, 15) is 9.18 Å². The molecule has 1 N–H and O–H groups in total. The molecule has 0 spiro atoms. The highest BCUT2D eigenvalue weighted by Gasteiger charge is 2.29. The predicted molar refractivity (Wildman–Crippen MR) is 98.2 cm³/mol. The fraction of sp³-hybridized carbons (Fsp3) is 0.238. The maximum atomic E-state index is 13.2. The van der Waals surface area contributed by atoms with Crippen LogP contribution >= 0.6 is 0 Å². The number of nitrogens with one attached hydrogen (secondary N) is 1. The number of hydrogen-bond donors (Lipinski definition) is 1. The number of anilines is 1. The van der Waals surface area contributed by atoms with Gasteiger partial charge in [-0.2, -0.15) is 0 Å². The van der Waals surface area contributed by atoms with E-state index in [0.29, 0.717) is 0 Å². The summed E-state index contributed by atoms with van der Waals surface area (Å²) in [5, 5.41) is 2.96. The summed E-state index contributed by atoms with van der Waals surface area (Å²) >= 11 is 0. The molecule has 1 aliphatic rings. The third-order valence-corrected chi connectivity index (χ3v) is 4.75. The van der Waals surface area contributed by atoms with Gasteiger partial charge in [0.05, 0.1) is 13.0 Å². The minimum absolute atomic E-state index is 0. The summed E-state index contributed by atoms with van der Waals surface area (Å²) in [7, 11) is 0. The van der Waals surface area contributed by atoms with Crippen LogP contribution in [0.3, 0.4) is 0 Å². The van der Waals surface area contributed by atoms with Crippen molar-refractivity contribution in [3.8, 4) is 11.3 Å². The van der Waals surface area contributed by atoms with Crippen LogP contribution in [0.25, 0.3) is 11.3 Å². The number of aryl methyl sites for hydroxylation is 1. The van der Waals surface area contributed by atoms with Gasteiger partial charge in [-0.25, -0.2) is 13.5 Å². The standard InChI is InChI=1S/C21H20FN3O.ClH/c1-15-4-2-5-18(12-15)23-20(26)14-24-13-19(25-11-3-6-21(24)25)16-7-9-17(22)10-8-16;/h2,4-5,7-10,12-13H,3,6,11,14H2,1H3;1H. The second-order valence-corrected chi connectivity index (χ2v) is 6.74. The molecule has 0 bridgehead atoms. The predicted octanol–water partition coefficient (Wildman–Crippen LogP) is 0.479. The molecule has 2 heterocycles. The normalized spacial score (nSPS) is 12.4. The summed E-state index contributed by atoms with van der Waals surface area (Å²) in [5.41, 5.74) is 3.91. The number of imidazole rings is 1. The van der Waals surface area contributed by atoms with Gasteiger partial charge in [0.25, 0.3) is 11.7 Å². The lowest BCUT2D eigenvalue weighted by molar-refractivity contribution is -0.690. The van der Waals surface area contributed by atoms with E-state index in [1.54, 1.807) is 12.1 Å². The number of rotatable bonds is 4. The van der Waals surface area contributed by atoms with Crippen molar-refractivity contribution in [1.29, 1.82) is 0 Å². The summed E-state index contributed by atoms with van der Waals surface area (Å²) in [6.45, 7) is 3.19. The Hall–Kier alpha value is -2.66. The van der Waals surface area contributed by atoms with Crippen molar-refractivity contribution < 1.29 is 26.2 Å². The van der Waals surface area contributed by atoms with Gasteiger partial charge >= 0.3 is 0 Å². The molecule has 1 amide bonds. The van der Waals surface area contributed by atoms with Gasteiger partial charge in [0, 0.05) is 11.3 Å². The van der Waals surface area contributed by atoms with Crippen LogP contribution in [-0.2, 0) is 24.3 Å². The molecule has 0 saturated heterocycles. The van der Waals surface area contributed by atoms with Gasteiger partial charge < -0.3 is 17.7 Å². The molecule has 0 aliphatic carbocycles. The lowest BCUT2D eigenvalue weighted by atomic mass is 10.1. The maximum Gasteiger partial charge on any atom is 0.266 e. The zero-order chi connectivity index (χ0) is 18.1. The molecule has 4 nitrogen and oxygen atoms in total. The highest BCUT2D eigenvalue weighted by atomic mass is 35.5. The van der Waals surface area contributed by atoms with Gasteiger partial charge in [-0.1, -0.05) is 12.1 Å². The van der Waals surface area contributed by atoms with Crippen molar-refractivity contribution in [2.75, 3.05) is 5.32 Å². The molecule has 1 aliphatic heterocycles. The van der Waals surface area contributed by atoms with E-state index >= 15 is 0 Å². The van der Waals surface area contributed by atoms with E-state index < -0.39 is 0 Å².